The first-order valence-corrected chi connectivity index (χ1v) is 53.2. The Kier molecular flexibility index (Phi) is 47.4. The van der Waals surface area contributed by atoms with Crippen LogP contribution < -0.4 is 37.9 Å². The molecule has 9 aromatic rings. The number of allylic oxidation sites excluding steroid dienone is 4. The molecule has 10 rings (SSSR count). The van der Waals surface area contributed by atoms with Crippen LogP contribution in [0.1, 0.15) is 378 Å². The van der Waals surface area contributed by atoms with Gasteiger partial charge in [-0.2, -0.15) is 0 Å². The zero-order chi connectivity index (χ0) is 95.2. The highest BCUT2D eigenvalue weighted by atomic mass is 32.1. The molecular formula is C123H138O8S4. The average molecular weight is 1870 g/mol. The van der Waals surface area contributed by atoms with Gasteiger partial charge in [0, 0.05) is 59.7 Å². The normalized spacial score (nSPS) is 10.9. The summed E-state index contributed by atoms with van der Waals surface area (Å²) in [6.45, 7) is 30.7. The molecule has 4 heterocycles. The maximum atomic E-state index is 6.76. The summed E-state index contributed by atoms with van der Waals surface area (Å²) in [5.74, 6) is 71.4. The summed E-state index contributed by atoms with van der Waals surface area (Å²) in [6, 6.07) is 32.7. The van der Waals surface area contributed by atoms with Gasteiger partial charge in [-0.05, 0) is 150 Å². The molecule has 135 heavy (non-hydrogen) atoms. The van der Waals surface area contributed by atoms with Crippen LogP contribution in [-0.4, -0.2) is 52.9 Å². The van der Waals surface area contributed by atoms with Gasteiger partial charge in [-0.25, -0.2) is 0 Å². The molecule has 0 saturated carbocycles. The lowest BCUT2D eigenvalue weighted by atomic mass is 10.1. The monoisotopic (exact) mass is 1870 g/mol. The highest BCUT2D eigenvalue weighted by molar-refractivity contribution is 7.14. The molecule has 12 heteroatoms. The highest BCUT2D eigenvalue weighted by Gasteiger charge is 2.19. The molecule has 0 fully saturated rings. The smallest absolute Gasteiger partial charge is 0.136 e. The van der Waals surface area contributed by atoms with Crippen molar-refractivity contribution in [3.8, 4) is 165 Å². The van der Waals surface area contributed by atoms with E-state index in [1.807, 2.05) is 84.9 Å². The Bertz CT molecular complexity index is 6030. The van der Waals surface area contributed by atoms with Crippen molar-refractivity contribution >= 4 is 45.3 Å². The summed E-state index contributed by atoms with van der Waals surface area (Å²) in [6.07, 6.45) is 48.7. The van der Waals surface area contributed by atoms with E-state index in [1.54, 1.807) is 45.3 Å². The van der Waals surface area contributed by atoms with Crippen molar-refractivity contribution in [1.82, 2.24) is 0 Å². The molecule has 0 atom stereocenters. The van der Waals surface area contributed by atoms with Crippen molar-refractivity contribution in [2.75, 3.05) is 52.9 Å². The molecule has 0 amide bonds. The Morgan fingerprint density at radius 1 is 0.230 bits per heavy atom. The Hall–Kier alpha value is -11.6. The zero-order valence-corrected chi connectivity index (χ0v) is 85.7. The Morgan fingerprint density at radius 3 is 0.652 bits per heavy atom. The van der Waals surface area contributed by atoms with Crippen molar-refractivity contribution in [2.45, 2.75) is 289 Å². The Balaban J connectivity index is 0.946. The number of terminal acetylenes is 1. The van der Waals surface area contributed by atoms with E-state index in [0.717, 1.165) is 304 Å². The minimum absolute atomic E-state index is 0.166. The predicted octanol–water partition coefficient (Wildman–Crippen LogP) is 31.1. The second-order valence-electron chi connectivity index (χ2n) is 34.4. The number of thiophene rings is 4. The molecule has 0 bridgehead atoms. The molecule has 1 aliphatic rings. The topological polar surface area (TPSA) is 73.8 Å². The largest absolute Gasteiger partial charge is 0.492 e. The fraction of sp³-hybridized carbons (Fsp3) is 0.431. The standard InChI is InChI=1S/C123H138O8S4/c1-14-23-31-41-73-124-112-86-104(113(85-100(112)22-9)125-74-42-32-24-15-2)61-69-121-94(11)82-109(133-121)66-58-102-88-118(130-79-47-37-29-20-7)106(91-115(102)127-76-44-34-26-17-4)63-71-123-96(13)84-111(135-123)68-60-103-89-119(131-80-48-38-30-21-8)107(92-116(103)128-77-45-35-27-18-5)64-72-122-95(12)83-110(134-122)67-59-101-87-117(129-78-46-36-28-19-6)105(90-114(101)126-75-43-33-25-16-3)62-70-120-93(10)81-108(132-120)65-57-99-55-53-98(54-56-99)52-51-97-49-39-40-50-97/h9,39-40,49-50,53-56,81-92,97H,14-21,23-38,41-48,73-80H2,1-8,10-13H3. The van der Waals surface area contributed by atoms with Crippen LogP contribution in [0.5, 0.6) is 46.0 Å². The number of aryl methyl sites for hydroxylation is 4. The van der Waals surface area contributed by atoms with E-state index in [0.29, 0.717) is 104 Å². The van der Waals surface area contributed by atoms with Crippen molar-refractivity contribution in [2.24, 2.45) is 5.92 Å². The van der Waals surface area contributed by atoms with Gasteiger partial charge in [0.25, 0.3) is 0 Å². The minimum Gasteiger partial charge on any atom is -0.492 e. The number of benzene rings is 5. The van der Waals surface area contributed by atoms with Gasteiger partial charge < -0.3 is 37.9 Å². The lowest BCUT2D eigenvalue weighted by molar-refractivity contribution is 0.295. The first-order chi connectivity index (χ1) is 66.2. The minimum atomic E-state index is 0.166. The van der Waals surface area contributed by atoms with E-state index in [9.17, 15) is 0 Å². The molecule has 4 aromatic heterocycles. The molecule has 8 nitrogen and oxygen atoms in total. The van der Waals surface area contributed by atoms with Crippen molar-refractivity contribution < 1.29 is 37.9 Å². The molecule has 5 aromatic carbocycles. The van der Waals surface area contributed by atoms with E-state index in [4.69, 9.17) is 44.3 Å². The third-order valence-electron chi connectivity index (χ3n) is 22.7. The molecule has 0 unspecified atom stereocenters. The van der Waals surface area contributed by atoms with Crippen LogP contribution in [0.4, 0.5) is 0 Å². The first-order valence-electron chi connectivity index (χ1n) is 50.0. The third-order valence-corrected chi connectivity index (χ3v) is 27.0. The van der Waals surface area contributed by atoms with Crippen LogP contribution in [0.15, 0.2) is 121 Å². The quantitative estimate of drug-likeness (QED) is 0.0276. The summed E-state index contributed by atoms with van der Waals surface area (Å²) >= 11 is 6.33. The summed E-state index contributed by atoms with van der Waals surface area (Å²) < 4.78 is 53.1. The lowest BCUT2D eigenvalue weighted by Crippen LogP contribution is -2.03. The fourth-order valence-electron chi connectivity index (χ4n) is 14.7. The SMILES string of the molecule is C#Cc1cc(OCCCCCC)c(C#Cc2sc(C#Cc3cc(OCCCCCC)c(C#Cc4sc(C#Cc5cc(OCCCCCC)c(C#Cc6sc(C#Cc7cc(OCCCCCC)c(C#Cc8sc(C#Cc9ccc(C#CC%10C=CC=C%10)cc9)cc8C)cc7OCCCCCC)cc6C)cc5OCCCCCC)cc4C)cc3OCCCCCC)cc2C)cc1OCCCCCC. The molecular weight excluding hydrogens is 1730 g/mol. The van der Waals surface area contributed by atoms with Gasteiger partial charge in [0.1, 0.15) is 46.0 Å². The van der Waals surface area contributed by atoms with Gasteiger partial charge in [-0.3, -0.25) is 0 Å². The van der Waals surface area contributed by atoms with E-state index in [1.165, 1.54) is 12.8 Å². The number of ether oxygens (including phenoxy) is 8. The molecule has 0 aliphatic heterocycles. The second kappa shape index (κ2) is 60.7. The third kappa shape index (κ3) is 36.5. The second-order valence-corrected chi connectivity index (χ2v) is 38.6. The molecule has 702 valence electrons. The highest BCUT2D eigenvalue weighted by Crippen LogP contribution is 2.37. The maximum absolute atomic E-state index is 6.76. The Morgan fingerprint density at radius 2 is 0.430 bits per heavy atom. The molecule has 0 radical (unpaired) electrons. The van der Waals surface area contributed by atoms with Crippen molar-refractivity contribution in [3.63, 3.8) is 0 Å². The molecule has 0 saturated heterocycles. The maximum Gasteiger partial charge on any atom is 0.136 e. The van der Waals surface area contributed by atoms with Crippen LogP contribution >= 0.6 is 45.3 Å². The van der Waals surface area contributed by atoms with Gasteiger partial charge in [-0.1, -0.05) is 346 Å². The van der Waals surface area contributed by atoms with E-state index >= 15 is 0 Å². The summed E-state index contributed by atoms with van der Waals surface area (Å²) in [7, 11) is 0. The van der Waals surface area contributed by atoms with E-state index < -0.39 is 0 Å². The average Bonchev–Trinajstić information content (AvgIpc) is 1.50. The van der Waals surface area contributed by atoms with Crippen LogP contribution in [0.25, 0.3) is 0 Å². The van der Waals surface area contributed by atoms with Crippen LogP contribution in [0, 0.1) is 153 Å². The number of unbranched alkanes of at least 4 members (excludes halogenated alkanes) is 24. The first kappa shape index (κ1) is 105. The van der Waals surface area contributed by atoms with E-state index in [2.05, 4.69) is 232 Å². The van der Waals surface area contributed by atoms with Crippen LogP contribution in [-0.2, 0) is 0 Å². The zero-order valence-electron chi connectivity index (χ0n) is 82.4. The van der Waals surface area contributed by atoms with E-state index in [-0.39, 0.29) is 5.92 Å². The number of hydrogen-bond donors (Lipinski definition) is 0. The fourth-order valence-corrected chi connectivity index (χ4v) is 18.2. The van der Waals surface area contributed by atoms with Crippen LogP contribution in [0.2, 0.25) is 0 Å². The summed E-state index contributed by atoms with van der Waals surface area (Å²) in [5, 5.41) is 0. The molecule has 0 N–H and O–H groups in total. The van der Waals surface area contributed by atoms with Gasteiger partial charge in [0.15, 0.2) is 0 Å². The number of hydrogen-bond acceptors (Lipinski definition) is 12. The Labute approximate surface area is 827 Å². The van der Waals surface area contributed by atoms with Gasteiger partial charge in [0.05, 0.1) is 142 Å². The van der Waals surface area contributed by atoms with Gasteiger partial charge >= 0.3 is 0 Å². The lowest BCUT2D eigenvalue weighted by Gasteiger charge is -2.14. The van der Waals surface area contributed by atoms with Gasteiger partial charge in [-0.15, -0.1) is 51.8 Å². The van der Waals surface area contributed by atoms with Crippen LogP contribution in [0.3, 0.4) is 0 Å². The van der Waals surface area contributed by atoms with Crippen molar-refractivity contribution in [3.05, 3.63) is 238 Å². The van der Waals surface area contributed by atoms with Gasteiger partial charge in [0.2, 0.25) is 0 Å². The summed E-state index contributed by atoms with van der Waals surface area (Å²) in [4.78, 5) is 7.31. The van der Waals surface area contributed by atoms with Crippen molar-refractivity contribution in [1.29, 1.82) is 0 Å². The molecule has 1 aliphatic carbocycles. The number of rotatable bonds is 48. The summed E-state index contributed by atoms with van der Waals surface area (Å²) in [5.41, 5.74) is 12.0. The molecule has 0 spiro atoms. The predicted molar refractivity (Wildman–Crippen MR) is 570 cm³/mol.